The van der Waals surface area contributed by atoms with Crippen LogP contribution in [0.4, 0.5) is 10.9 Å². The van der Waals surface area contributed by atoms with Gasteiger partial charge in [0, 0.05) is 18.7 Å². The van der Waals surface area contributed by atoms with Gasteiger partial charge in [0.2, 0.25) is 0 Å². The number of nitrogens with two attached hydrogens (primary N) is 1. The van der Waals surface area contributed by atoms with Gasteiger partial charge in [-0.2, -0.15) is 5.10 Å². The maximum atomic E-state index is 6.12. The highest BCUT2D eigenvalue weighted by Gasteiger charge is 2.19. The molecular formula is C16H17N7S. The molecule has 3 heterocycles. The van der Waals surface area contributed by atoms with Gasteiger partial charge in [-0.1, -0.05) is 17.4 Å². The van der Waals surface area contributed by atoms with Crippen molar-refractivity contribution >= 4 is 43.5 Å². The van der Waals surface area contributed by atoms with E-state index in [1.54, 1.807) is 11.3 Å². The minimum atomic E-state index is 0.175. The van der Waals surface area contributed by atoms with Crippen LogP contribution in [0.2, 0.25) is 0 Å². The number of nitrogen functional groups attached to an aromatic ring is 1. The van der Waals surface area contributed by atoms with E-state index < -0.39 is 0 Å². The highest BCUT2D eigenvalue weighted by atomic mass is 32.1. The SMILES string of the molecule is CNc1nc2cc(-c3nn(C(C)C)c4ncnc(N)c34)ccc2s1. The van der Waals surface area contributed by atoms with Crippen molar-refractivity contribution < 1.29 is 0 Å². The molecule has 0 fully saturated rings. The van der Waals surface area contributed by atoms with Gasteiger partial charge < -0.3 is 11.1 Å². The molecule has 0 aliphatic heterocycles. The second-order valence-electron chi connectivity index (χ2n) is 5.80. The number of nitrogens with one attached hydrogen (secondary N) is 1. The summed E-state index contributed by atoms with van der Waals surface area (Å²) in [4.78, 5) is 13.1. The molecule has 4 rings (SSSR count). The summed E-state index contributed by atoms with van der Waals surface area (Å²) in [7, 11) is 1.87. The molecule has 0 bridgehead atoms. The van der Waals surface area contributed by atoms with Gasteiger partial charge in [-0.25, -0.2) is 19.6 Å². The van der Waals surface area contributed by atoms with E-state index in [0.717, 1.165) is 37.6 Å². The van der Waals surface area contributed by atoms with Gasteiger partial charge >= 0.3 is 0 Å². The second kappa shape index (κ2) is 5.41. The fraction of sp³-hybridized carbons (Fsp3) is 0.250. The van der Waals surface area contributed by atoms with Crippen molar-refractivity contribution in [1.82, 2.24) is 24.7 Å². The molecule has 0 saturated heterocycles. The van der Waals surface area contributed by atoms with Gasteiger partial charge in [0.25, 0.3) is 0 Å². The van der Waals surface area contributed by atoms with Crippen molar-refractivity contribution in [1.29, 1.82) is 0 Å². The van der Waals surface area contributed by atoms with Crippen LogP contribution in [0.5, 0.6) is 0 Å². The van der Waals surface area contributed by atoms with Crippen LogP contribution in [0.25, 0.3) is 32.5 Å². The quantitative estimate of drug-likeness (QED) is 0.594. The average Bonchev–Trinajstić information content (AvgIpc) is 3.15. The third-order valence-electron chi connectivity index (χ3n) is 3.88. The van der Waals surface area contributed by atoms with E-state index >= 15 is 0 Å². The van der Waals surface area contributed by atoms with Crippen molar-refractivity contribution in [3.05, 3.63) is 24.5 Å². The predicted octanol–water partition coefficient (Wildman–Crippen LogP) is 3.31. The van der Waals surface area contributed by atoms with E-state index in [1.807, 2.05) is 23.9 Å². The normalized spacial score (nSPS) is 11.7. The van der Waals surface area contributed by atoms with Gasteiger partial charge in [-0.05, 0) is 26.0 Å². The van der Waals surface area contributed by atoms with Gasteiger partial charge in [0.15, 0.2) is 10.8 Å². The molecule has 4 aromatic rings. The van der Waals surface area contributed by atoms with Gasteiger partial charge in [-0.15, -0.1) is 0 Å². The summed E-state index contributed by atoms with van der Waals surface area (Å²) < 4.78 is 3.01. The van der Waals surface area contributed by atoms with Crippen LogP contribution < -0.4 is 11.1 Å². The molecule has 0 aliphatic carbocycles. The van der Waals surface area contributed by atoms with Crippen molar-refractivity contribution in [2.45, 2.75) is 19.9 Å². The largest absolute Gasteiger partial charge is 0.383 e. The van der Waals surface area contributed by atoms with Crippen molar-refractivity contribution in [3.63, 3.8) is 0 Å². The molecule has 0 radical (unpaired) electrons. The average molecular weight is 339 g/mol. The Kier molecular flexibility index (Phi) is 3.34. The molecule has 3 N–H and O–H groups in total. The third-order valence-corrected chi connectivity index (χ3v) is 4.94. The summed E-state index contributed by atoms with van der Waals surface area (Å²) in [5.41, 5.74) is 9.55. The van der Waals surface area contributed by atoms with Gasteiger partial charge in [-0.3, -0.25) is 0 Å². The minimum absolute atomic E-state index is 0.175. The number of rotatable bonds is 3. The summed E-state index contributed by atoms with van der Waals surface area (Å²) in [6.07, 6.45) is 1.48. The lowest BCUT2D eigenvalue weighted by atomic mass is 10.1. The van der Waals surface area contributed by atoms with Crippen LogP contribution in [0.3, 0.4) is 0 Å². The van der Waals surface area contributed by atoms with E-state index in [-0.39, 0.29) is 6.04 Å². The van der Waals surface area contributed by atoms with E-state index in [2.05, 4.69) is 40.2 Å². The lowest BCUT2D eigenvalue weighted by Crippen LogP contribution is -2.04. The number of thiazole rings is 1. The number of nitrogens with zero attached hydrogens (tertiary/aromatic N) is 5. The molecule has 0 amide bonds. The molecule has 3 aromatic heterocycles. The number of fused-ring (bicyclic) bond motifs is 2. The topological polar surface area (TPSA) is 94.5 Å². The first-order chi connectivity index (χ1) is 11.6. The minimum Gasteiger partial charge on any atom is -0.383 e. The first-order valence-electron chi connectivity index (χ1n) is 7.66. The standard InChI is InChI=1S/C16H17N7S/c1-8(2)23-15-12(14(17)19-7-20-15)13(22-23)9-4-5-11-10(6-9)21-16(18-3)24-11/h4-8H,1-3H3,(H,18,21)(H2,17,19,20). The lowest BCUT2D eigenvalue weighted by Gasteiger charge is -2.05. The summed E-state index contributed by atoms with van der Waals surface area (Å²) in [6, 6.07) is 6.31. The van der Waals surface area contributed by atoms with E-state index in [9.17, 15) is 0 Å². The molecule has 0 saturated carbocycles. The third kappa shape index (κ3) is 2.18. The Morgan fingerprint density at radius 2 is 2.08 bits per heavy atom. The van der Waals surface area contributed by atoms with Crippen molar-refractivity contribution in [3.8, 4) is 11.3 Å². The summed E-state index contributed by atoms with van der Waals surface area (Å²) in [5.74, 6) is 0.441. The first-order valence-corrected chi connectivity index (χ1v) is 8.47. The van der Waals surface area contributed by atoms with Crippen molar-refractivity contribution in [2.75, 3.05) is 18.1 Å². The Morgan fingerprint density at radius 3 is 2.83 bits per heavy atom. The molecule has 8 heteroatoms. The van der Waals surface area contributed by atoms with Gasteiger partial charge in [0.05, 0.1) is 15.6 Å². The molecule has 122 valence electrons. The fourth-order valence-electron chi connectivity index (χ4n) is 2.74. The Hall–Kier alpha value is -2.74. The number of anilines is 2. The Morgan fingerprint density at radius 1 is 1.25 bits per heavy atom. The molecular weight excluding hydrogens is 322 g/mol. The summed E-state index contributed by atoms with van der Waals surface area (Å²) in [5, 5.41) is 9.51. The number of hydrogen-bond acceptors (Lipinski definition) is 7. The van der Waals surface area contributed by atoms with E-state index in [0.29, 0.717) is 5.82 Å². The van der Waals surface area contributed by atoms with E-state index in [1.165, 1.54) is 6.33 Å². The van der Waals surface area contributed by atoms with Crippen LogP contribution in [0.1, 0.15) is 19.9 Å². The molecule has 0 unspecified atom stereocenters. The zero-order chi connectivity index (χ0) is 16.8. The molecule has 7 nitrogen and oxygen atoms in total. The maximum absolute atomic E-state index is 6.12. The second-order valence-corrected chi connectivity index (χ2v) is 6.83. The number of hydrogen-bond donors (Lipinski definition) is 2. The zero-order valence-corrected chi connectivity index (χ0v) is 14.4. The van der Waals surface area contributed by atoms with Crippen LogP contribution in [0.15, 0.2) is 24.5 Å². The Balaban J connectivity index is 1.99. The van der Waals surface area contributed by atoms with E-state index in [4.69, 9.17) is 10.8 Å². The van der Waals surface area contributed by atoms with Crippen LogP contribution in [-0.2, 0) is 0 Å². The molecule has 1 aromatic carbocycles. The smallest absolute Gasteiger partial charge is 0.183 e. The zero-order valence-electron chi connectivity index (χ0n) is 13.6. The van der Waals surface area contributed by atoms with Crippen LogP contribution >= 0.6 is 11.3 Å². The lowest BCUT2D eigenvalue weighted by molar-refractivity contribution is 0.548. The summed E-state index contributed by atoms with van der Waals surface area (Å²) >= 11 is 1.62. The predicted molar refractivity (Wildman–Crippen MR) is 98.3 cm³/mol. The monoisotopic (exact) mass is 339 g/mol. The summed E-state index contributed by atoms with van der Waals surface area (Å²) in [6.45, 7) is 4.13. The Bertz CT molecular complexity index is 1050. The molecule has 0 aliphatic rings. The van der Waals surface area contributed by atoms with Crippen LogP contribution in [-0.4, -0.2) is 31.8 Å². The van der Waals surface area contributed by atoms with Crippen LogP contribution in [0, 0.1) is 0 Å². The Labute approximate surface area is 142 Å². The first kappa shape index (κ1) is 14.8. The number of aromatic nitrogens is 5. The fourth-order valence-corrected chi connectivity index (χ4v) is 3.54. The molecule has 0 spiro atoms. The maximum Gasteiger partial charge on any atom is 0.183 e. The van der Waals surface area contributed by atoms with Crippen molar-refractivity contribution in [2.24, 2.45) is 0 Å². The highest BCUT2D eigenvalue weighted by molar-refractivity contribution is 7.22. The number of benzene rings is 1. The van der Waals surface area contributed by atoms with Gasteiger partial charge in [0.1, 0.15) is 17.8 Å². The molecule has 0 atom stereocenters. The molecule has 24 heavy (non-hydrogen) atoms. The highest BCUT2D eigenvalue weighted by Crippen LogP contribution is 2.34.